The minimum absolute atomic E-state index is 0.225. The third-order valence-electron chi connectivity index (χ3n) is 4.91. The number of hydrogen-bond acceptors (Lipinski definition) is 2. The number of amides is 1. The molecular weight excluding hydrogens is 248 g/mol. The van der Waals surface area contributed by atoms with Crippen LogP contribution in [0.3, 0.4) is 0 Å². The Bertz CT molecular complexity index is 467. The molecule has 3 heteroatoms. The highest BCUT2D eigenvalue weighted by Crippen LogP contribution is 2.48. The molecule has 1 saturated carbocycles. The first kappa shape index (κ1) is 13.6. The maximum Gasteiger partial charge on any atom is 0.230 e. The molecule has 0 spiro atoms. The van der Waals surface area contributed by atoms with Gasteiger partial charge in [-0.05, 0) is 44.3 Å². The SMILES string of the molecule is CCN1CCCC1CNC(=O)C1(c2ccccc2)CC1. The first-order valence-corrected chi connectivity index (χ1v) is 7.84. The molecule has 1 heterocycles. The van der Waals surface area contributed by atoms with Crippen LogP contribution in [0.4, 0.5) is 0 Å². The van der Waals surface area contributed by atoms with E-state index in [0.717, 1.165) is 25.9 Å². The maximum absolute atomic E-state index is 12.5. The van der Waals surface area contributed by atoms with Gasteiger partial charge in [0.15, 0.2) is 0 Å². The van der Waals surface area contributed by atoms with Crippen molar-refractivity contribution in [1.29, 1.82) is 0 Å². The van der Waals surface area contributed by atoms with Crippen LogP contribution in [0.25, 0.3) is 0 Å². The summed E-state index contributed by atoms with van der Waals surface area (Å²) >= 11 is 0. The second-order valence-corrected chi connectivity index (χ2v) is 6.08. The summed E-state index contributed by atoms with van der Waals surface area (Å²) in [5.41, 5.74) is 0.952. The first-order chi connectivity index (χ1) is 9.76. The Morgan fingerprint density at radius 2 is 2.10 bits per heavy atom. The standard InChI is InChI=1S/C17H24N2O/c1-2-19-12-6-9-15(19)13-18-16(20)17(10-11-17)14-7-4-3-5-8-14/h3-5,7-8,15H,2,6,9-13H2,1H3,(H,18,20). The van der Waals surface area contributed by atoms with Crippen LogP contribution in [-0.2, 0) is 10.2 Å². The van der Waals surface area contributed by atoms with Crippen LogP contribution in [0.15, 0.2) is 30.3 Å². The highest BCUT2D eigenvalue weighted by molar-refractivity contribution is 5.91. The molecule has 20 heavy (non-hydrogen) atoms. The summed E-state index contributed by atoms with van der Waals surface area (Å²) in [7, 11) is 0. The van der Waals surface area contributed by atoms with Crippen LogP contribution in [0.2, 0.25) is 0 Å². The van der Waals surface area contributed by atoms with E-state index in [0.29, 0.717) is 6.04 Å². The molecule has 1 amide bonds. The molecule has 1 aromatic carbocycles. The monoisotopic (exact) mass is 272 g/mol. The number of likely N-dealkylation sites (N-methyl/N-ethyl adjacent to an activating group) is 1. The smallest absolute Gasteiger partial charge is 0.230 e. The lowest BCUT2D eigenvalue weighted by atomic mass is 9.95. The van der Waals surface area contributed by atoms with Crippen molar-refractivity contribution < 1.29 is 4.79 Å². The fourth-order valence-electron chi connectivity index (χ4n) is 3.45. The van der Waals surface area contributed by atoms with Crippen LogP contribution in [0.5, 0.6) is 0 Å². The molecule has 1 aliphatic carbocycles. The average Bonchev–Trinajstić information content (AvgIpc) is 3.19. The molecule has 1 N–H and O–H groups in total. The zero-order valence-electron chi connectivity index (χ0n) is 12.3. The molecule has 1 aliphatic heterocycles. The summed E-state index contributed by atoms with van der Waals surface area (Å²) in [6.45, 7) is 5.28. The van der Waals surface area contributed by atoms with E-state index in [1.54, 1.807) is 0 Å². The van der Waals surface area contributed by atoms with Crippen molar-refractivity contribution in [3.8, 4) is 0 Å². The van der Waals surface area contributed by atoms with Crippen molar-refractivity contribution in [3.05, 3.63) is 35.9 Å². The van der Waals surface area contributed by atoms with Gasteiger partial charge in [0, 0.05) is 12.6 Å². The first-order valence-electron chi connectivity index (χ1n) is 7.84. The predicted molar refractivity (Wildman–Crippen MR) is 80.6 cm³/mol. The summed E-state index contributed by atoms with van der Waals surface area (Å²) in [6.07, 6.45) is 4.46. The van der Waals surface area contributed by atoms with E-state index in [1.165, 1.54) is 24.9 Å². The van der Waals surface area contributed by atoms with Gasteiger partial charge in [-0.25, -0.2) is 0 Å². The summed E-state index contributed by atoms with van der Waals surface area (Å²) in [4.78, 5) is 15.0. The average molecular weight is 272 g/mol. The Balaban J connectivity index is 1.60. The van der Waals surface area contributed by atoms with Crippen LogP contribution in [-0.4, -0.2) is 36.5 Å². The van der Waals surface area contributed by atoms with Gasteiger partial charge in [-0.3, -0.25) is 9.69 Å². The molecule has 1 aromatic rings. The molecule has 0 aromatic heterocycles. The number of carbonyl (C=O) groups excluding carboxylic acids is 1. The van der Waals surface area contributed by atoms with E-state index >= 15 is 0 Å². The Morgan fingerprint density at radius 1 is 1.35 bits per heavy atom. The topological polar surface area (TPSA) is 32.3 Å². The van der Waals surface area contributed by atoms with Crippen molar-refractivity contribution in [2.45, 2.75) is 44.1 Å². The lowest BCUT2D eigenvalue weighted by Crippen LogP contribution is -2.43. The number of rotatable bonds is 5. The number of carbonyl (C=O) groups is 1. The van der Waals surface area contributed by atoms with Gasteiger partial charge >= 0.3 is 0 Å². The van der Waals surface area contributed by atoms with Crippen LogP contribution < -0.4 is 5.32 Å². The normalized spacial score (nSPS) is 24.6. The van der Waals surface area contributed by atoms with E-state index < -0.39 is 0 Å². The Hall–Kier alpha value is -1.35. The van der Waals surface area contributed by atoms with Gasteiger partial charge in [0.2, 0.25) is 5.91 Å². The van der Waals surface area contributed by atoms with Crippen molar-refractivity contribution >= 4 is 5.91 Å². The van der Waals surface area contributed by atoms with Crippen LogP contribution in [0.1, 0.15) is 38.2 Å². The van der Waals surface area contributed by atoms with E-state index in [-0.39, 0.29) is 11.3 Å². The van der Waals surface area contributed by atoms with E-state index in [2.05, 4.69) is 29.3 Å². The van der Waals surface area contributed by atoms with Gasteiger partial charge in [0.05, 0.1) is 5.41 Å². The lowest BCUT2D eigenvalue weighted by molar-refractivity contribution is -0.123. The summed E-state index contributed by atoms with van der Waals surface area (Å²) < 4.78 is 0. The van der Waals surface area contributed by atoms with Crippen molar-refractivity contribution in [1.82, 2.24) is 10.2 Å². The molecule has 0 bridgehead atoms. The molecule has 2 fully saturated rings. The fraction of sp³-hybridized carbons (Fsp3) is 0.588. The minimum atomic E-state index is -0.225. The molecule has 1 unspecified atom stereocenters. The van der Waals surface area contributed by atoms with Crippen molar-refractivity contribution in [3.63, 3.8) is 0 Å². The maximum atomic E-state index is 12.5. The number of likely N-dealkylation sites (tertiary alicyclic amines) is 1. The molecule has 3 nitrogen and oxygen atoms in total. The second-order valence-electron chi connectivity index (χ2n) is 6.08. The number of benzene rings is 1. The van der Waals surface area contributed by atoms with Gasteiger partial charge in [-0.2, -0.15) is 0 Å². The zero-order valence-corrected chi connectivity index (χ0v) is 12.3. The highest BCUT2D eigenvalue weighted by atomic mass is 16.2. The van der Waals surface area contributed by atoms with E-state index in [1.807, 2.05) is 18.2 Å². The molecule has 2 aliphatic rings. The van der Waals surface area contributed by atoms with Crippen molar-refractivity contribution in [2.75, 3.05) is 19.6 Å². The summed E-state index contributed by atoms with van der Waals surface area (Å²) in [6, 6.07) is 10.8. The molecule has 108 valence electrons. The molecule has 1 atom stereocenters. The third-order valence-corrected chi connectivity index (χ3v) is 4.91. The summed E-state index contributed by atoms with van der Waals surface area (Å²) in [5, 5.41) is 3.21. The van der Waals surface area contributed by atoms with Gasteiger partial charge in [0.1, 0.15) is 0 Å². The Kier molecular flexibility index (Phi) is 3.79. The van der Waals surface area contributed by atoms with Gasteiger partial charge in [-0.1, -0.05) is 37.3 Å². The molecule has 3 rings (SSSR count). The zero-order chi connectivity index (χ0) is 14.0. The highest BCUT2D eigenvalue weighted by Gasteiger charge is 2.51. The minimum Gasteiger partial charge on any atom is -0.354 e. The number of hydrogen-bond donors (Lipinski definition) is 1. The fourth-order valence-corrected chi connectivity index (χ4v) is 3.45. The largest absolute Gasteiger partial charge is 0.354 e. The van der Waals surface area contributed by atoms with Crippen LogP contribution >= 0.6 is 0 Å². The molecule has 1 saturated heterocycles. The quantitative estimate of drug-likeness (QED) is 0.892. The number of nitrogens with zero attached hydrogens (tertiary/aromatic N) is 1. The third kappa shape index (κ3) is 2.47. The Labute approximate surface area is 121 Å². The lowest BCUT2D eigenvalue weighted by Gasteiger charge is -2.24. The van der Waals surface area contributed by atoms with E-state index in [4.69, 9.17) is 0 Å². The van der Waals surface area contributed by atoms with Gasteiger partial charge < -0.3 is 5.32 Å². The second kappa shape index (κ2) is 5.57. The predicted octanol–water partition coefficient (Wildman–Crippen LogP) is 2.32. The Morgan fingerprint density at radius 3 is 2.75 bits per heavy atom. The van der Waals surface area contributed by atoms with Gasteiger partial charge in [-0.15, -0.1) is 0 Å². The summed E-state index contributed by atoms with van der Waals surface area (Å²) in [5.74, 6) is 0.228. The van der Waals surface area contributed by atoms with Crippen LogP contribution in [0, 0.1) is 0 Å². The van der Waals surface area contributed by atoms with Gasteiger partial charge in [0.25, 0.3) is 0 Å². The van der Waals surface area contributed by atoms with Crippen molar-refractivity contribution in [2.24, 2.45) is 0 Å². The molecule has 0 radical (unpaired) electrons. The molecular formula is C17H24N2O. The van der Waals surface area contributed by atoms with E-state index in [9.17, 15) is 4.79 Å². The number of nitrogens with one attached hydrogen (secondary N) is 1.